The Kier molecular flexibility index (Phi) is 5.08. The Bertz CT molecular complexity index is 519. The zero-order valence-corrected chi connectivity index (χ0v) is 12.1. The molecule has 0 heterocycles. The topological polar surface area (TPSA) is 69.7 Å². The molecule has 0 aromatic heterocycles. The van der Waals surface area contributed by atoms with Crippen molar-refractivity contribution in [3.8, 4) is 0 Å². The van der Waals surface area contributed by atoms with E-state index in [0.717, 1.165) is 6.26 Å². The first-order valence-electron chi connectivity index (χ1n) is 5.76. The summed E-state index contributed by atoms with van der Waals surface area (Å²) in [6.07, 6.45) is 0.985. The van der Waals surface area contributed by atoms with Crippen molar-refractivity contribution in [3.05, 3.63) is 35.9 Å². The monoisotopic (exact) mass is 286 g/mol. The van der Waals surface area contributed by atoms with E-state index in [-0.39, 0.29) is 13.2 Å². The van der Waals surface area contributed by atoms with Gasteiger partial charge in [0.05, 0.1) is 25.0 Å². The predicted molar refractivity (Wildman–Crippen MR) is 71.3 cm³/mol. The summed E-state index contributed by atoms with van der Waals surface area (Å²) in [7, 11) is -3.49. The van der Waals surface area contributed by atoms with Crippen LogP contribution in [0.4, 0.5) is 0 Å². The number of benzene rings is 1. The van der Waals surface area contributed by atoms with Crippen LogP contribution in [0.1, 0.15) is 24.2 Å². The molecule has 0 aliphatic rings. The van der Waals surface area contributed by atoms with Gasteiger partial charge in [-0.3, -0.25) is 4.18 Å². The zero-order chi connectivity index (χ0) is 14.5. The highest BCUT2D eigenvalue weighted by atomic mass is 32.2. The summed E-state index contributed by atoms with van der Waals surface area (Å²) < 4.78 is 31.7. The van der Waals surface area contributed by atoms with E-state index in [0.29, 0.717) is 5.56 Å². The third kappa shape index (κ3) is 6.35. The molecule has 1 aromatic carbocycles. The quantitative estimate of drug-likeness (QED) is 0.589. The van der Waals surface area contributed by atoms with E-state index in [1.165, 1.54) is 0 Å². The number of carbonyl (C=O) groups is 1. The van der Waals surface area contributed by atoms with Gasteiger partial charge >= 0.3 is 5.97 Å². The van der Waals surface area contributed by atoms with Gasteiger partial charge in [0.1, 0.15) is 0 Å². The van der Waals surface area contributed by atoms with Gasteiger partial charge in [-0.15, -0.1) is 0 Å². The van der Waals surface area contributed by atoms with Crippen LogP contribution >= 0.6 is 0 Å². The molecule has 5 nitrogen and oxygen atoms in total. The van der Waals surface area contributed by atoms with Gasteiger partial charge in [-0.05, 0) is 12.1 Å². The maximum atomic E-state index is 11.7. The summed E-state index contributed by atoms with van der Waals surface area (Å²) in [5.41, 5.74) is -0.115. The standard InChI is InChI=1S/C13H18O5S/c1-13(2,10-18-19(3,15)16)9-17-12(14)11-7-5-4-6-8-11/h4-8H,9-10H2,1-3H3. The van der Waals surface area contributed by atoms with E-state index >= 15 is 0 Å². The number of ether oxygens (including phenoxy) is 1. The molecule has 6 heteroatoms. The predicted octanol–water partition coefficient (Wildman–Crippen LogP) is 1.85. The normalized spacial score (nSPS) is 12.2. The Morgan fingerprint density at radius 3 is 2.26 bits per heavy atom. The van der Waals surface area contributed by atoms with Gasteiger partial charge in [0, 0.05) is 5.41 Å². The average Bonchev–Trinajstić information content (AvgIpc) is 2.34. The van der Waals surface area contributed by atoms with Gasteiger partial charge < -0.3 is 4.74 Å². The molecule has 0 radical (unpaired) electrons. The number of hydrogen-bond acceptors (Lipinski definition) is 5. The fourth-order valence-electron chi connectivity index (χ4n) is 1.23. The van der Waals surface area contributed by atoms with Crippen molar-refractivity contribution in [1.82, 2.24) is 0 Å². The van der Waals surface area contributed by atoms with Crippen LogP contribution in [0.2, 0.25) is 0 Å². The molecule has 1 aromatic rings. The zero-order valence-electron chi connectivity index (χ0n) is 11.3. The molecule has 19 heavy (non-hydrogen) atoms. The summed E-state index contributed by atoms with van der Waals surface area (Å²) >= 11 is 0. The number of esters is 1. The van der Waals surface area contributed by atoms with Crippen LogP contribution in [0.25, 0.3) is 0 Å². The van der Waals surface area contributed by atoms with E-state index in [1.807, 2.05) is 0 Å². The van der Waals surface area contributed by atoms with Crippen molar-refractivity contribution < 1.29 is 22.1 Å². The van der Waals surface area contributed by atoms with Crippen LogP contribution in [-0.2, 0) is 19.0 Å². The Morgan fingerprint density at radius 1 is 1.16 bits per heavy atom. The first kappa shape index (κ1) is 15.7. The highest BCUT2D eigenvalue weighted by Gasteiger charge is 2.23. The van der Waals surface area contributed by atoms with E-state index in [4.69, 9.17) is 8.92 Å². The molecule has 0 saturated heterocycles. The molecule has 0 N–H and O–H groups in total. The van der Waals surface area contributed by atoms with Crippen molar-refractivity contribution >= 4 is 16.1 Å². The lowest BCUT2D eigenvalue weighted by atomic mass is 9.96. The molecule has 0 aliphatic carbocycles. The van der Waals surface area contributed by atoms with Crippen LogP contribution < -0.4 is 0 Å². The van der Waals surface area contributed by atoms with Crippen LogP contribution in [0.3, 0.4) is 0 Å². The number of carbonyl (C=O) groups excluding carboxylic acids is 1. The van der Waals surface area contributed by atoms with Gasteiger partial charge in [-0.1, -0.05) is 32.0 Å². The highest BCUT2D eigenvalue weighted by Crippen LogP contribution is 2.18. The van der Waals surface area contributed by atoms with Gasteiger partial charge in [-0.2, -0.15) is 8.42 Å². The molecule has 0 amide bonds. The van der Waals surface area contributed by atoms with Gasteiger partial charge in [0.15, 0.2) is 0 Å². The number of rotatable bonds is 6. The summed E-state index contributed by atoms with van der Waals surface area (Å²) in [6, 6.07) is 8.61. The first-order chi connectivity index (χ1) is 8.70. The Morgan fingerprint density at radius 2 is 1.74 bits per heavy atom. The minimum Gasteiger partial charge on any atom is -0.461 e. The lowest BCUT2D eigenvalue weighted by Crippen LogP contribution is -2.28. The fourth-order valence-corrected chi connectivity index (χ4v) is 1.76. The third-order valence-electron chi connectivity index (χ3n) is 2.27. The number of hydrogen-bond donors (Lipinski definition) is 0. The van der Waals surface area contributed by atoms with Gasteiger partial charge in [0.25, 0.3) is 10.1 Å². The van der Waals surface area contributed by atoms with Gasteiger partial charge in [0.2, 0.25) is 0 Å². The molecule has 0 fully saturated rings. The van der Waals surface area contributed by atoms with Crippen molar-refractivity contribution in [2.45, 2.75) is 13.8 Å². The maximum absolute atomic E-state index is 11.7. The average molecular weight is 286 g/mol. The minimum absolute atomic E-state index is 0.0338. The van der Waals surface area contributed by atoms with E-state index in [9.17, 15) is 13.2 Å². The van der Waals surface area contributed by atoms with Crippen LogP contribution in [-0.4, -0.2) is 33.9 Å². The second-order valence-corrected chi connectivity index (χ2v) is 6.72. The van der Waals surface area contributed by atoms with E-state index in [1.54, 1.807) is 44.2 Å². The summed E-state index contributed by atoms with van der Waals surface area (Å²) in [5.74, 6) is -0.437. The molecule has 0 atom stereocenters. The summed E-state index contributed by atoms with van der Waals surface area (Å²) in [6.45, 7) is 3.57. The Balaban J connectivity index is 2.49. The first-order valence-corrected chi connectivity index (χ1v) is 7.58. The van der Waals surface area contributed by atoms with E-state index in [2.05, 4.69) is 0 Å². The molecule has 0 unspecified atom stereocenters. The van der Waals surface area contributed by atoms with Crippen molar-refractivity contribution in [2.75, 3.05) is 19.5 Å². The molecule has 106 valence electrons. The lowest BCUT2D eigenvalue weighted by molar-refractivity contribution is 0.0256. The SMILES string of the molecule is CC(C)(COC(=O)c1ccccc1)COS(C)(=O)=O. The summed E-state index contributed by atoms with van der Waals surface area (Å²) in [5, 5.41) is 0. The largest absolute Gasteiger partial charge is 0.461 e. The fraction of sp³-hybridized carbons (Fsp3) is 0.462. The molecule has 0 spiro atoms. The molecular weight excluding hydrogens is 268 g/mol. The second-order valence-electron chi connectivity index (χ2n) is 5.07. The molecule has 0 saturated carbocycles. The van der Waals surface area contributed by atoms with Gasteiger partial charge in [-0.25, -0.2) is 4.79 Å². The van der Waals surface area contributed by atoms with E-state index < -0.39 is 21.5 Å². The molecule has 1 rings (SSSR count). The molecular formula is C13H18O5S. The Hall–Kier alpha value is -1.40. The maximum Gasteiger partial charge on any atom is 0.338 e. The van der Waals surface area contributed by atoms with Crippen LogP contribution in [0.5, 0.6) is 0 Å². The van der Waals surface area contributed by atoms with Crippen molar-refractivity contribution in [1.29, 1.82) is 0 Å². The minimum atomic E-state index is -3.49. The van der Waals surface area contributed by atoms with Crippen LogP contribution in [0.15, 0.2) is 30.3 Å². The van der Waals surface area contributed by atoms with Crippen LogP contribution in [0, 0.1) is 5.41 Å². The summed E-state index contributed by atoms with van der Waals surface area (Å²) in [4.78, 5) is 11.7. The van der Waals surface area contributed by atoms with Crippen molar-refractivity contribution in [2.24, 2.45) is 5.41 Å². The second kappa shape index (κ2) is 6.16. The smallest absolute Gasteiger partial charge is 0.338 e. The van der Waals surface area contributed by atoms with Crippen molar-refractivity contribution in [3.63, 3.8) is 0 Å². The third-order valence-corrected chi connectivity index (χ3v) is 2.81. The lowest BCUT2D eigenvalue weighted by Gasteiger charge is -2.23. The Labute approximate surface area is 113 Å². The highest BCUT2D eigenvalue weighted by molar-refractivity contribution is 7.85. The molecule has 0 bridgehead atoms. The molecule has 0 aliphatic heterocycles.